The van der Waals surface area contributed by atoms with Gasteiger partial charge in [0.2, 0.25) is 5.91 Å². The lowest BCUT2D eigenvalue weighted by Gasteiger charge is -2.27. The lowest BCUT2D eigenvalue weighted by atomic mass is 9.87. The van der Waals surface area contributed by atoms with Gasteiger partial charge in [-0.15, -0.1) is 10.2 Å². The molecule has 1 saturated heterocycles. The van der Waals surface area contributed by atoms with Crippen LogP contribution in [0.2, 0.25) is 0 Å². The number of rotatable bonds is 8. The van der Waals surface area contributed by atoms with E-state index in [-0.39, 0.29) is 5.91 Å². The fourth-order valence-corrected chi connectivity index (χ4v) is 5.36. The van der Waals surface area contributed by atoms with Crippen LogP contribution in [0.5, 0.6) is 0 Å². The molecule has 0 spiro atoms. The standard InChI is InChI=1S/C24H35N5OS/c1-19-10-12-21(13-11-19)25-23(30)18-31-24-27-26-22(17-28-14-6-3-7-15-28)29(24)16-20-8-4-2-5-9-20/h2,4-5,8-9,19,21H,3,6-7,10-18H2,1H3,(H,25,30). The molecule has 2 heterocycles. The van der Waals surface area contributed by atoms with E-state index >= 15 is 0 Å². The Balaban J connectivity index is 1.40. The van der Waals surface area contributed by atoms with Crippen molar-refractivity contribution in [1.29, 1.82) is 0 Å². The van der Waals surface area contributed by atoms with E-state index < -0.39 is 0 Å². The number of hydrogen-bond donors (Lipinski definition) is 1. The maximum atomic E-state index is 12.6. The first kappa shape index (κ1) is 22.3. The molecule has 7 heteroatoms. The summed E-state index contributed by atoms with van der Waals surface area (Å²) in [5.74, 6) is 2.28. The second kappa shape index (κ2) is 11.1. The molecule has 6 nitrogen and oxygen atoms in total. The molecule has 1 aromatic carbocycles. The Morgan fingerprint density at radius 2 is 1.77 bits per heavy atom. The molecule has 168 valence electrons. The second-order valence-corrected chi connectivity index (χ2v) is 10.1. The summed E-state index contributed by atoms with van der Waals surface area (Å²) in [6, 6.07) is 10.8. The van der Waals surface area contributed by atoms with Crippen molar-refractivity contribution in [1.82, 2.24) is 25.0 Å². The minimum Gasteiger partial charge on any atom is -0.353 e. The van der Waals surface area contributed by atoms with Crippen LogP contribution < -0.4 is 5.32 Å². The van der Waals surface area contributed by atoms with E-state index in [1.54, 1.807) is 0 Å². The molecule has 2 aromatic rings. The number of likely N-dealkylation sites (tertiary alicyclic amines) is 1. The largest absolute Gasteiger partial charge is 0.353 e. The number of hydrogen-bond acceptors (Lipinski definition) is 5. The van der Waals surface area contributed by atoms with E-state index in [1.807, 2.05) is 6.07 Å². The molecule has 1 saturated carbocycles. The van der Waals surface area contributed by atoms with Crippen LogP contribution in [0.3, 0.4) is 0 Å². The second-order valence-electron chi connectivity index (χ2n) is 9.12. The van der Waals surface area contributed by atoms with Crippen molar-refractivity contribution < 1.29 is 4.79 Å². The minimum atomic E-state index is 0.108. The van der Waals surface area contributed by atoms with Crippen molar-refractivity contribution in [3.63, 3.8) is 0 Å². The van der Waals surface area contributed by atoms with E-state index in [0.29, 0.717) is 11.8 Å². The summed E-state index contributed by atoms with van der Waals surface area (Å²) in [6.45, 7) is 6.12. The zero-order valence-electron chi connectivity index (χ0n) is 18.6. The summed E-state index contributed by atoms with van der Waals surface area (Å²) < 4.78 is 2.20. The van der Waals surface area contributed by atoms with Crippen molar-refractivity contribution in [3.05, 3.63) is 41.7 Å². The van der Waals surface area contributed by atoms with Gasteiger partial charge >= 0.3 is 0 Å². The van der Waals surface area contributed by atoms with E-state index in [1.165, 1.54) is 49.4 Å². The molecule has 1 N–H and O–H groups in total. The molecule has 0 unspecified atom stereocenters. The minimum absolute atomic E-state index is 0.108. The van der Waals surface area contributed by atoms with Gasteiger partial charge in [0.05, 0.1) is 18.8 Å². The predicted octanol–water partition coefficient (Wildman–Crippen LogP) is 4.10. The Morgan fingerprint density at radius 3 is 2.52 bits per heavy atom. The van der Waals surface area contributed by atoms with Gasteiger partial charge in [-0.1, -0.05) is 55.4 Å². The van der Waals surface area contributed by atoms with Crippen molar-refractivity contribution in [2.45, 2.75) is 76.2 Å². The van der Waals surface area contributed by atoms with Crippen LogP contribution >= 0.6 is 11.8 Å². The van der Waals surface area contributed by atoms with Gasteiger partial charge in [-0.25, -0.2) is 0 Å². The Kier molecular flexibility index (Phi) is 8.03. The van der Waals surface area contributed by atoms with Gasteiger partial charge in [0.1, 0.15) is 5.82 Å². The third kappa shape index (κ3) is 6.56. The molecule has 0 radical (unpaired) electrons. The highest BCUT2D eigenvalue weighted by molar-refractivity contribution is 7.99. The summed E-state index contributed by atoms with van der Waals surface area (Å²) in [7, 11) is 0. The van der Waals surface area contributed by atoms with Crippen LogP contribution in [0.1, 0.15) is 63.3 Å². The maximum Gasteiger partial charge on any atom is 0.230 e. The number of benzene rings is 1. The molecule has 1 amide bonds. The van der Waals surface area contributed by atoms with E-state index in [2.05, 4.69) is 56.2 Å². The van der Waals surface area contributed by atoms with Crippen molar-refractivity contribution in [2.75, 3.05) is 18.8 Å². The average Bonchev–Trinajstić information content (AvgIpc) is 3.16. The first-order valence-corrected chi connectivity index (χ1v) is 12.8. The summed E-state index contributed by atoms with van der Waals surface area (Å²) in [5.41, 5.74) is 1.23. The van der Waals surface area contributed by atoms with Crippen molar-refractivity contribution in [2.24, 2.45) is 5.92 Å². The van der Waals surface area contributed by atoms with Crippen LogP contribution in [-0.4, -0.2) is 50.5 Å². The third-order valence-corrected chi connectivity index (χ3v) is 7.47. The van der Waals surface area contributed by atoms with Gasteiger partial charge in [-0.05, 0) is 63.1 Å². The van der Waals surface area contributed by atoms with Crippen LogP contribution in [0.4, 0.5) is 0 Å². The molecule has 1 aliphatic heterocycles. The highest BCUT2D eigenvalue weighted by Crippen LogP contribution is 2.24. The normalized spacial score (nSPS) is 22.4. The van der Waals surface area contributed by atoms with Gasteiger partial charge in [0.25, 0.3) is 0 Å². The van der Waals surface area contributed by atoms with E-state index in [9.17, 15) is 4.79 Å². The highest BCUT2D eigenvalue weighted by Gasteiger charge is 2.21. The van der Waals surface area contributed by atoms with Gasteiger partial charge in [0, 0.05) is 6.04 Å². The highest BCUT2D eigenvalue weighted by atomic mass is 32.2. The molecule has 0 bridgehead atoms. The van der Waals surface area contributed by atoms with E-state index in [0.717, 1.165) is 55.9 Å². The fraction of sp³-hybridized carbons (Fsp3) is 0.625. The predicted molar refractivity (Wildman–Crippen MR) is 125 cm³/mol. The van der Waals surface area contributed by atoms with Gasteiger partial charge in [0.15, 0.2) is 5.16 Å². The summed E-state index contributed by atoms with van der Waals surface area (Å²) in [4.78, 5) is 15.0. The third-order valence-electron chi connectivity index (χ3n) is 6.50. The SMILES string of the molecule is CC1CCC(NC(=O)CSc2nnc(CN3CCCCC3)n2Cc2ccccc2)CC1. The van der Waals surface area contributed by atoms with Gasteiger partial charge in [-0.3, -0.25) is 9.69 Å². The van der Waals surface area contributed by atoms with Gasteiger partial charge < -0.3 is 9.88 Å². The molecule has 0 atom stereocenters. The molecular formula is C24H35N5OS. The fourth-order valence-electron chi connectivity index (χ4n) is 4.59. The molecule has 31 heavy (non-hydrogen) atoms. The Hall–Kier alpha value is -1.86. The number of nitrogens with zero attached hydrogens (tertiary/aromatic N) is 4. The quantitative estimate of drug-likeness (QED) is 0.625. The number of carbonyl (C=O) groups is 1. The first-order chi connectivity index (χ1) is 15.2. The molecule has 4 rings (SSSR count). The topological polar surface area (TPSA) is 63.1 Å². The lowest BCUT2D eigenvalue weighted by Crippen LogP contribution is -2.38. The Labute approximate surface area is 190 Å². The first-order valence-electron chi connectivity index (χ1n) is 11.8. The number of nitrogens with one attached hydrogen (secondary N) is 1. The van der Waals surface area contributed by atoms with Crippen LogP contribution in [0.15, 0.2) is 35.5 Å². The monoisotopic (exact) mass is 441 g/mol. The summed E-state index contributed by atoms with van der Waals surface area (Å²) in [6.07, 6.45) is 8.46. The zero-order valence-corrected chi connectivity index (χ0v) is 19.4. The lowest BCUT2D eigenvalue weighted by molar-refractivity contribution is -0.119. The summed E-state index contributed by atoms with van der Waals surface area (Å²) in [5, 5.41) is 13.1. The Morgan fingerprint density at radius 1 is 1.03 bits per heavy atom. The van der Waals surface area contributed by atoms with Crippen molar-refractivity contribution in [3.8, 4) is 0 Å². The van der Waals surface area contributed by atoms with Crippen LogP contribution in [0.25, 0.3) is 0 Å². The van der Waals surface area contributed by atoms with Gasteiger partial charge in [-0.2, -0.15) is 0 Å². The van der Waals surface area contributed by atoms with Crippen molar-refractivity contribution >= 4 is 17.7 Å². The number of aromatic nitrogens is 3. The smallest absolute Gasteiger partial charge is 0.230 e. The van der Waals surface area contributed by atoms with Crippen LogP contribution in [-0.2, 0) is 17.9 Å². The van der Waals surface area contributed by atoms with Crippen LogP contribution in [0, 0.1) is 5.92 Å². The van der Waals surface area contributed by atoms with E-state index in [4.69, 9.17) is 0 Å². The number of amides is 1. The molecule has 2 aliphatic rings. The number of piperidine rings is 1. The zero-order chi connectivity index (χ0) is 21.5. The number of carbonyl (C=O) groups excluding carboxylic acids is 1. The molecule has 1 aliphatic carbocycles. The molecule has 1 aromatic heterocycles. The molecular weight excluding hydrogens is 406 g/mol. The Bertz CT molecular complexity index is 826. The molecule has 2 fully saturated rings. The summed E-state index contributed by atoms with van der Waals surface area (Å²) >= 11 is 1.51. The maximum absolute atomic E-state index is 12.6. The average molecular weight is 442 g/mol. The number of thioether (sulfide) groups is 1.